The molecule has 0 fully saturated rings. The first-order valence-corrected chi connectivity index (χ1v) is 6.21. The molecule has 0 radical (unpaired) electrons. The Morgan fingerprint density at radius 1 is 1.33 bits per heavy atom. The average Bonchev–Trinajstić information content (AvgIpc) is 2.44. The molecule has 0 bridgehead atoms. The van der Waals surface area contributed by atoms with E-state index in [0.717, 1.165) is 5.56 Å². The van der Waals surface area contributed by atoms with Crippen LogP contribution in [0.15, 0.2) is 24.3 Å². The van der Waals surface area contributed by atoms with Crippen molar-refractivity contribution < 1.29 is 19.1 Å². The predicted octanol–water partition coefficient (Wildman–Crippen LogP) is 0.617. The summed E-state index contributed by atoms with van der Waals surface area (Å²) in [6.45, 7) is 1.35. The summed E-state index contributed by atoms with van der Waals surface area (Å²) in [5.41, 5.74) is 6.20. The Morgan fingerprint density at radius 3 is 2.48 bits per heavy atom. The van der Waals surface area contributed by atoms with E-state index < -0.39 is 24.0 Å². The minimum Gasteiger partial charge on any atom is -0.453 e. The van der Waals surface area contributed by atoms with E-state index in [1.165, 1.54) is 6.92 Å². The molecule has 1 unspecified atom stereocenters. The molecule has 0 spiro atoms. The number of nitriles is 1. The Bertz CT molecular complexity index is 575. The second-order valence-corrected chi connectivity index (χ2v) is 4.29. The molecule has 7 nitrogen and oxygen atoms in total. The topological polar surface area (TPSA) is 122 Å². The zero-order valence-electron chi connectivity index (χ0n) is 11.5. The van der Waals surface area contributed by atoms with Crippen LogP contribution < -0.4 is 11.1 Å². The van der Waals surface area contributed by atoms with Gasteiger partial charge in [-0.15, -0.1) is 0 Å². The highest BCUT2D eigenvalue weighted by atomic mass is 16.5. The number of nitrogens with one attached hydrogen (secondary N) is 1. The maximum absolute atomic E-state index is 11.6. The number of nitrogens with zero attached hydrogens (tertiary/aromatic N) is 1. The summed E-state index contributed by atoms with van der Waals surface area (Å²) in [5, 5.41) is 10.5. The second kappa shape index (κ2) is 7.65. The standard InChI is InChI=1S/C14H15N3O4/c1-9(13(19)17-14(16)20)21-12(18)7-6-10-2-4-11(8-15)5-3-10/h2-5,9H,6-7H2,1H3,(H3,16,17,19,20). The fourth-order valence-corrected chi connectivity index (χ4v) is 1.53. The molecule has 3 N–H and O–H groups in total. The van der Waals surface area contributed by atoms with Crippen LogP contribution in [-0.4, -0.2) is 24.0 Å². The molecule has 7 heteroatoms. The fraction of sp³-hybridized carbons (Fsp3) is 0.286. The Hall–Kier alpha value is -2.88. The molecular formula is C14H15N3O4. The van der Waals surface area contributed by atoms with E-state index in [-0.39, 0.29) is 6.42 Å². The van der Waals surface area contributed by atoms with Crippen LogP contribution >= 0.6 is 0 Å². The van der Waals surface area contributed by atoms with Gasteiger partial charge in [0.05, 0.1) is 11.6 Å². The predicted molar refractivity (Wildman–Crippen MR) is 72.8 cm³/mol. The number of primary amides is 1. The molecule has 0 aliphatic heterocycles. The van der Waals surface area contributed by atoms with Crippen molar-refractivity contribution in [1.82, 2.24) is 5.32 Å². The number of imide groups is 1. The lowest BCUT2D eigenvalue weighted by Crippen LogP contribution is -2.42. The van der Waals surface area contributed by atoms with Crippen LogP contribution in [0.2, 0.25) is 0 Å². The number of ether oxygens (including phenoxy) is 1. The quantitative estimate of drug-likeness (QED) is 0.769. The molecule has 0 aliphatic rings. The minimum atomic E-state index is -1.09. The summed E-state index contributed by atoms with van der Waals surface area (Å²) in [5.74, 6) is -1.33. The molecule has 1 aromatic rings. The van der Waals surface area contributed by atoms with E-state index in [9.17, 15) is 14.4 Å². The highest BCUT2D eigenvalue weighted by molar-refractivity contribution is 5.96. The van der Waals surface area contributed by atoms with Gasteiger partial charge in [0.1, 0.15) is 0 Å². The monoisotopic (exact) mass is 289 g/mol. The first-order valence-electron chi connectivity index (χ1n) is 6.21. The highest BCUT2D eigenvalue weighted by Crippen LogP contribution is 2.07. The summed E-state index contributed by atoms with van der Waals surface area (Å²) in [6.07, 6.45) is -0.583. The van der Waals surface area contributed by atoms with Gasteiger partial charge in [-0.05, 0) is 31.0 Å². The number of carbonyl (C=O) groups is 3. The highest BCUT2D eigenvalue weighted by Gasteiger charge is 2.18. The lowest BCUT2D eigenvalue weighted by molar-refractivity contribution is -0.154. The molecule has 1 rings (SSSR count). The summed E-state index contributed by atoms with van der Waals surface area (Å²) in [4.78, 5) is 33.4. The molecule has 21 heavy (non-hydrogen) atoms. The number of urea groups is 1. The van der Waals surface area contributed by atoms with Crippen molar-refractivity contribution in [3.63, 3.8) is 0 Å². The van der Waals surface area contributed by atoms with Gasteiger partial charge in [0.15, 0.2) is 6.10 Å². The average molecular weight is 289 g/mol. The largest absolute Gasteiger partial charge is 0.453 e. The summed E-state index contributed by atoms with van der Waals surface area (Å²) >= 11 is 0. The SMILES string of the molecule is CC(OC(=O)CCc1ccc(C#N)cc1)C(=O)NC(N)=O. The van der Waals surface area contributed by atoms with Gasteiger partial charge >= 0.3 is 12.0 Å². The van der Waals surface area contributed by atoms with Crippen LogP contribution in [0, 0.1) is 11.3 Å². The third kappa shape index (κ3) is 5.74. The number of hydrogen-bond donors (Lipinski definition) is 2. The van der Waals surface area contributed by atoms with Gasteiger partial charge in [-0.1, -0.05) is 12.1 Å². The van der Waals surface area contributed by atoms with E-state index in [4.69, 9.17) is 15.7 Å². The van der Waals surface area contributed by atoms with Gasteiger partial charge in [0.25, 0.3) is 5.91 Å². The summed E-state index contributed by atoms with van der Waals surface area (Å²) in [7, 11) is 0. The molecule has 1 atom stereocenters. The van der Waals surface area contributed by atoms with Gasteiger partial charge in [-0.2, -0.15) is 5.26 Å². The molecule has 0 heterocycles. The zero-order chi connectivity index (χ0) is 15.8. The number of esters is 1. The smallest absolute Gasteiger partial charge is 0.318 e. The summed E-state index contributed by atoms with van der Waals surface area (Å²) in [6, 6.07) is 7.80. The lowest BCUT2D eigenvalue weighted by atomic mass is 10.1. The van der Waals surface area contributed by atoms with E-state index in [1.54, 1.807) is 24.3 Å². The molecule has 1 aromatic carbocycles. The van der Waals surface area contributed by atoms with Crippen molar-refractivity contribution in [2.24, 2.45) is 5.73 Å². The number of benzene rings is 1. The van der Waals surface area contributed by atoms with Gasteiger partial charge in [0, 0.05) is 6.42 Å². The van der Waals surface area contributed by atoms with Crippen LogP contribution in [-0.2, 0) is 20.7 Å². The van der Waals surface area contributed by atoms with Gasteiger partial charge in [-0.3, -0.25) is 14.9 Å². The number of nitrogens with two attached hydrogens (primary N) is 1. The van der Waals surface area contributed by atoms with E-state index >= 15 is 0 Å². The Morgan fingerprint density at radius 2 is 1.95 bits per heavy atom. The number of hydrogen-bond acceptors (Lipinski definition) is 5. The number of amides is 3. The maximum atomic E-state index is 11.6. The zero-order valence-corrected chi connectivity index (χ0v) is 11.5. The van der Waals surface area contributed by atoms with Gasteiger partial charge in [0.2, 0.25) is 0 Å². The van der Waals surface area contributed by atoms with Crippen molar-refractivity contribution in [2.75, 3.05) is 0 Å². The Balaban J connectivity index is 2.41. The van der Waals surface area contributed by atoms with Gasteiger partial charge in [-0.25, -0.2) is 4.79 Å². The molecule has 3 amide bonds. The Labute approximate surface area is 121 Å². The molecule has 0 aromatic heterocycles. The second-order valence-electron chi connectivity index (χ2n) is 4.29. The van der Waals surface area contributed by atoms with E-state index in [1.807, 2.05) is 11.4 Å². The van der Waals surface area contributed by atoms with Crippen LogP contribution in [0.25, 0.3) is 0 Å². The third-order valence-electron chi connectivity index (χ3n) is 2.62. The lowest BCUT2D eigenvalue weighted by Gasteiger charge is -2.11. The minimum absolute atomic E-state index is 0.0834. The number of rotatable bonds is 5. The van der Waals surface area contributed by atoms with Crippen LogP contribution in [0.5, 0.6) is 0 Å². The number of carbonyl (C=O) groups excluding carboxylic acids is 3. The molecule has 110 valence electrons. The first-order chi connectivity index (χ1) is 9.92. The van der Waals surface area contributed by atoms with Crippen molar-refractivity contribution in [3.8, 4) is 6.07 Å². The van der Waals surface area contributed by atoms with Gasteiger partial charge < -0.3 is 10.5 Å². The van der Waals surface area contributed by atoms with Crippen molar-refractivity contribution in [2.45, 2.75) is 25.9 Å². The van der Waals surface area contributed by atoms with Crippen molar-refractivity contribution >= 4 is 17.9 Å². The van der Waals surface area contributed by atoms with E-state index in [2.05, 4.69) is 0 Å². The molecule has 0 aliphatic carbocycles. The third-order valence-corrected chi connectivity index (χ3v) is 2.62. The molecule has 0 saturated carbocycles. The van der Waals surface area contributed by atoms with Crippen LogP contribution in [0.1, 0.15) is 24.5 Å². The maximum Gasteiger partial charge on any atom is 0.318 e. The van der Waals surface area contributed by atoms with Crippen LogP contribution in [0.3, 0.4) is 0 Å². The summed E-state index contributed by atoms with van der Waals surface area (Å²) < 4.78 is 4.87. The Kier molecular flexibility index (Phi) is 5.89. The fourth-order valence-electron chi connectivity index (χ4n) is 1.53. The van der Waals surface area contributed by atoms with Crippen molar-refractivity contribution in [1.29, 1.82) is 5.26 Å². The van der Waals surface area contributed by atoms with Crippen LogP contribution in [0.4, 0.5) is 4.79 Å². The molecule has 0 saturated heterocycles. The van der Waals surface area contributed by atoms with Crippen molar-refractivity contribution in [3.05, 3.63) is 35.4 Å². The van der Waals surface area contributed by atoms with E-state index in [0.29, 0.717) is 12.0 Å². The first kappa shape index (κ1) is 16.2. The number of aryl methyl sites for hydroxylation is 1. The normalized spacial score (nSPS) is 11.0. The molecular weight excluding hydrogens is 274 g/mol.